The van der Waals surface area contributed by atoms with Gasteiger partial charge in [0, 0.05) is 10.9 Å². The number of nitrogens with two attached hydrogens (primary N) is 1. The summed E-state index contributed by atoms with van der Waals surface area (Å²) in [6, 6.07) is 9.78. The Balaban J connectivity index is 2.25. The molecule has 0 unspecified atom stereocenters. The van der Waals surface area contributed by atoms with Gasteiger partial charge >= 0.3 is 0 Å². The highest BCUT2D eigenvalue weighted by Crippen LogP contribution is 2.38. The summed E-state index contributed by atoms with van der Waals surface area (Å²) in [5, 5.41) is 29.1. The summed E-state index contributed by atoms with van der Waals surface area (Å²) in [5.41, 5.74) is 6.89. The molecule has 100 valence electrons. The van der Waals surface area contributed by atoms with Gasteiger partial charge in [0.05, 0.1) is 5.52 Å². The second kappa shape index (κ2) is 4.27. The van der Waals surface area contributed by atoms with Crippen LogP contribution in [0.5, 0.6) is 17.2 Å². The molecule has 0 radical (unpaired) electrons. The SMILES string of the molecule is Nc1nc(-c2cc(O)c(O)c(O)c2)nc2ccccc12. The van der Waals surface area contributed by atoms with E-state index in [1.807, 2.05) is 12.1 Å². The van der Waals surface area contributed by atoms with Crippen LogP contribution in [-0.4, -0.2) is 25.3 Å². The van der Waals surface area contributed by atoms with Gasteiger partial charge in [-0.1, -0.05) is 12.1 Å². The first kappa shape index (κ1) is 12.0. The Morgan fingerprint density at radius 1 is 0.900 bits per heavy atom. The standard InChI is InChI=1S/C14H11N3O3/c15-13-8-3-1-2-4-9(8)16-14(17-13)7-5-10(18)12(20)11(19)6-7/h1-6,18-20H,(H2,15,16,17). The third-order valence-corrected chi connectivity index (χ3v) is 2.96. The van der Waals surface area contributed by atoms with Crippen LogP contribution in [-0.2, 0) is 0 Å². The summed E-state index contributed by atoms with van der Waals surface area (Å²) in [5.74, 6) is -0.919. The average Bonchev–Trinajstić information content (AvgIpc) is 2.44. The summed E-state index contributed by atoms with van der Waals surface area (Å²) in [4.78, 5) is 8.47. The number of rotatable bonds is 1. The monoisotopic (exact) mass is 269 g/mol. The van der Waals surface area contributed by atoms with Crippen LogP contribution in [0.25, 0.3) is 22.3 Å². The van der Waals surface area contributed by atoms with Crippen LogP contribution in [0.4, 0.5) is 5.82 Å². The lowest BCUT2D eigenvalue weighted by molar-refractivity contribution is 0.368. The van der Waals surface area contributed by atoms with Crippen molar-refractivity contribution in [2.45, 2.75) is 0 Å². The van der Waals surface area contributed by atoms with E-state index in [1.165, 1.54) is 12.1 Å². The predicted octanol–water partition coefficient (Wildman–Crippen LogP) is 2.00. The zero-order valence-corrected chi connectivity index (χ0v) is 10.3. The highest BCUT2D eigenvalue weighted by molar-refractivity contribution is 5.89. The molecule has 0 amide bonds. The molecule has 0 aliphatic heterocycles. The second-order valence-electron chi connectivity index (χ2n) is 4.31. The molecule has 20 heavy (non-hydrogen) atoms. The fourth-order valence-electron chi connectivity index (χ4n) is 1.96. The number of nitrogen functional groups attached to an aromatic ring is 1. The number of aromatic nitrogens is 2. The zero-order chi connectivity index (χ0) is 14.3. The largest absolute Gasteiger partial charge is 0.504 e. The number of nitrogens with zero attached hydrogens (tertiary/aromatic N) is 2. The molecular formula is C14H11N3O3. The van der Waals surface area contributed by atoms with Crippen LogP contribution >= 0.6 is 0 Å². The lowest BCUT2D eigenvalue weighted by atomic mass is 10.1. The van der Waals surface area contributed by atoms with Crippen molar-refractivity contribution in [3.63, 3.8) is 0 Å². The van der Waals surface area contributed by atoms with Crippen molar-refractivity contribution in [2.75, 3.05) is 5.73 Å². The number of fused-ring (bicyclic) bond motifs is 1. The maximum atomic E-state index is 9.53. The van der Waals surface area contributed by atoms with E-state index in [1.54, 1.807) is 12.1 Å². The molecule has 0 aliphatic carbocycles. The molecule has 1 aromatic heterocycles. The minimum atomic E-state index is -0.581. The molecule has 0 saturated carbocycles. The van der Waals surface area contributed by atoms with E-state index in [2.05, 4.69) is 9.97 Å². The molecular weight excluding hydrogens is 258 g/mol. The number of anilines is 1. The van der Waals surface area contributed by atoms with E-state index < -0.39 is 17.2 Å². The molecule has 0 aliphatic rings. The molecule has 6 nitrogen and oxygen atoms in total. The second-order valence-corrected chi connectivity index (χ2v) is 4.31. The molecule has 0 fully saturated rings. The Labute approximate surface area is 113 Å². The fraction of sp³-hybridized carbons (Fsp3) is 0. The summed E-state index contributed by atoms with van der Waals surface area (Å²) in [6.07, 6.45) is 0. The summed E-state index contributed by atoms with van der Waals surface area (Å²) in [7, 11) is 0. The number of para-hydroxylation sites is 1. The molecule has 0 saturated heterocycles. The summed E-state index contributed by atoms with van der Waals surface area (Å²) < 4.78 is 0. The molecule has 0 atom stereocenters. The molecule has 1 heterocycles. The predicted molar refractivity (Wildman–Crippen MR) is 74.4 cm³/mol. The van der Waals surface area contributed by atoms with Gasteiger partial charge in [-0.2, -0.15) is 0 Å². The Morgan fingerprint density at radius 2 is 1.55 bits per heavy atom. The van der Waals surface area contributed by atoms with Crippen molar-refractivity contribution < 1.29 is 15.3 Å². The third kappa shape index (κ3) is 1.83. The Bertz CT molecular complexity index is 795. The highest BCUT2D eigenvalue weighted by atomic mass is 16.3. The molecule has 3 rings (SSSR count). The van der Waals surface area contributed by atoms with E-state index in [4.69, 9.17) is 5.73 Å². The van der Waals surface area contributed by atoms with Gasteiger partial charge in [0.2, 0.25) is 0 Å². The van der Waals surface area contributed by atoms with Crippen molar-refractivity contribution in [1.82, 2.24) is 9.97 Å². The smallest absolute Gasteiger partial charge is 0.200 e. The number of hydrogen-bond acceptors (Lipinski definition) is 6. The van der Waals surface area contributed by atoms with Gasteiger partial charge < -0.3 is 21.1 Å². The molecule has 2 aromatic carbocycles. The van der Waals surface area contributed by atoms with E-state index in [-0.39, 0.29) is 5.82 Å². The first-order valence-corrected chi connectivity index (χ1v) is 5.84. The normalized spacial score (nSPS) is 10.8. The highest BCUT2D eigenvalue weighted by Gasteiger charge is 2.13. The van der Waals surface area contributed by atoms with Gasteiger partial charge in [-0.05, 0) is 24.3 Å². The minimum Gasteiger partial charge on any atom is -0.504 e. The third-order valence-electron chi connectivity index (χ3n) is 2.96. The van der Waals surface area contributed by atoms with Crippen molar-refractivity contribution in [3.8, 4) is 28.6 Å². The summed E-state index contributed by atoms with van der Waals surface area (Å²) >= 11 is 0. The van der Waals surface area contributed by atoms with Crippen molar-refractivity contribution in [2.24, 2.45) is 0 Å². The zero-order valence-electron chi connectivity index (χ0n) is 10.3. The Kier molecular flexibility index (Phi) is 2.57. The summed E-state index contributed by atoms with van der Waals surface area (Å²) in [6.45, 7) is 0. The topological polar surface area (TPSA) is 112 Å². The average molecular weight is 269 g/mol. The van der Waals surface area contributed by atoms with Gasteiger partial charge in [-0.15, -0.1) is 0 Å². The Hall–Kier alpha value is -3.02. The fourth-order valence-corrected chi connectivity index (χ4v) is 1.96. The van der Waals surface area contributed by atoms with Crippen LogP contribution in [0.3, 0.4) is 0 Å². The lowest BCUT2D eigenvalue weighted by Crippen LogP contribution is -1.97. The van der Waals surface area contributed by atoms with Gasteiger partial charge in [-0.3, -0.25) is 0 Å². The molecule has 3 aromatic rings. The van der Waals surface area contributed by atoms with E-state index >= 15 is 0 Å². The number of aromatic hydroxyl groups is 3. The molecule has 6 heteroatoms. The Morgan fingerprint density at radius 3 is 2.25 bits per heavy atom. The number of phenolic OH excluding ortho intramolecular Hbond substituents is 3. The van der Waals surface area contributed by atoms with Crippen LogP contribution in [0.1, 0.15) is 0 Å². The molecule has 0 bridgehead atoms. The van der Waals surface area contributed by atoms with Crippen LogP contribution in [0.2, 0.25) is 0 Å². The maximum Gasteiger partial charge on any atom is 0.200 e. The van der Waals surface area contributed by atoms with Crippen LogP contribution < -0.4 is 5.73 Å². The lowest BCUT2D eigenvalue weighted by Gasteiger charge is -2.07. The quantitative estimate of drug-likeness (QED) is 0.502. The molecule has 5 N–H and O–H groups in total. The number of hydrogen-bond donors (Lipinski definition) is 4. The first-order valence-electron chi connectivity index (χ1n) is 5.84. The van der Waals surface area contributed by atoms with Crippen molar-refractivity contribution in [1.29, 1.82) is 0 Å². The minimum absolute atomic E-state index is 0.256. The van der Waals surface area contributed by atoms with E-state index in [0.717, 1.165) is 5.39 Å². The van der Waals surface area contributed by atoms with E-state index in [0.29, 0.717) is 16.9 Å². The first-order chi connectivity index (χ1) is 9.56. The molecule has 0 spiro atoms. The van der Waals surface area contributed by atoms with Gasteiger partial charge in [0.25, 0.3) is 0 Å². The van der Waals surface area contributed by atoms with Crippen LogP contribution in [0, 0.1) is 0 Å². The number of benzene rings is 2. The van der Waals surface area contributed by atoms with Crippen LogP contribution in [0.15, 0.2) is 36.4 Å². The number of phenols is 3. The van der Waals surface area contributed by atoms with Gasteiger partial charge in [0.1, 0.15) is 5.82 Å². The van der Waals surface area contributed by atoms with Crippen molar-refractivity contribution >= 4 is 16.7 Å². The maximum absolute atomic E-state index is 9.53. The van der Waals surface area contributed by atoms with Gasteiger partial charge in [-0.25, -0.2) is 9.97 Å². The van der Waals surface area contributed by atoms with E-state index in [9.17, 15) is 15.3 Å². The van der Waals surface area contributed by atoms with Gasteiger partial charge in [0.15, 0.2) is 23.1 Å². The van der Waals surface area contributed by atoms with Crippen molar-refractivity contribution in [3.05, 3.63) is 36.4 Å².